The number of ether oxygens (including phenoxy) is 2. The van der Waals surface area contributed by atoms with Crippen molar-refractivity contribution in [2.45, 2.75) is 19.4 Å². The normalized spacial score (nSPS) is 17.1. The number of carbonyl (C=O) groups excluding carboxylic acids is 3. The molecule has 2 saturated heterocycles. The molecule has 0 saturated carbocycles. The maximum absolute atomic E-state index is 12.8. The number of nitrogens with zero attached hydrogens (tertiary/aromatic N) is 2. The lowest BCUT2D eigenvalue weighted by Crippen LogP contribution is -2.40. The van der Waals surface area contributed by atoms with Crippen LogP contribution in [0.5, 0.6) is 11.5 Å². The number of halogens is 2. The largest absolute Gasteiger partial charge is 0.493 e. The molecule has 4 rings (SSSR count). The van der Waals surface area contributed by atoms with Crippen molar-refractivity contribution in [3.63, 3.8) is 0 Å². The summed E-state index contributed by atoms with van der Waals surface area (Å²) in [6.07, 6.45) is 3.53. The Morgan fingerprint density at radius 3 is 2.65 bits per heavy atom. The number of imide groups is 1. The number of hydrogen-bond donors (Lipinski definition) is 0. The smallest absolute Gasteiger partial charge is 0.294 e. The highest BCUT2D eigenvalue weighted by atomic mass is 127. The van der Waals surface area contributed by atoms with E-state index in [4.69, 9.17) is 21.1 Å². The Kier molecular flexibility index (Phi) is 8.05. The number of thioether (sulfide) groups is 1. The van der Waals surface area contributed by atoms with Gasteiger partial charge in [0.25, 0.3) is 11.1 Å². The molecule has 2 heterocycles. The highest BCUT2D eigenvalue weighted by molar-refractivity contribution is 14.1. The molecular weight excluding hydrogens is 591 g/mol. The first-order valence-corrected chi connectivity index (χ1v) is 12.9. The molecule has 0 radical (unpaired) electrons. The second kappa shape index (κ2) is 11.0. The molecule has 2 aliphatic rings. The third-order valence-electron chi connectivity index (χ3n) is 5.51. The topological polar surface area (TPSA) is 76.2 Å². The zero-order chi connectivity index (χ0) is 24.2. The molecule has 0 bridgehead atoms. The molecule has 0 spiro atoms. The lowest BCUT2D eigenvalue weighted by molar-refractivity contribution is -0.135. The summed E-state index contributed by atoms with van der Waals surface area (Å²) in [7, 11) is 1.54. The van der Waals surface area contributed by atoms with E-state index in [1.165, 1.54) is 7.11 Å². The van der Waals surface area contributed by atoms with Gasteiger partial charge in [-0.1, -0.05) is 29.8 Å². The fourth-order valence-electron chi connectivity index (χ4n) is 3.72. The summed E-state index contributed by atoms with van der Waals surface area (Å²) in [6.45, 7) is 1.40. The highest BCUT2D eigenvalue weighted by Crippen LogP contribution is 2.38. The Morgan fingerprint density at radius 1 is 1.21 bits per heavy atom. The van der Waals surface area contributed by atoms with E-state index in [1.54, 1.807) is 23.1 Å². The van der Waals surface area contributed by atoms with E-state index < -0.39 is 11.1 Å². The van der Waals surface area contributed by atoms with Crippen molar-refractivity contribution in [1.29, 1.82) is 0 Å². The summed E-state index contributed by atoms with van der Waals surface area (Å²) in [5.74, 6) is 0.394. The SMILES string of the molecule is COc1cc(/C=C2\SC(=O)N(CC(=O)N3CCCC3)C2=O)cc(I)c1OCc1ccccc1Cl. The highest BCUT2D eigenvalue weighted by Gasteiger charge is 2.37. The van der Waals surface area contributed by atoms with Gasteiger partial charge >= 0.3 is 0 Å². The Balaban J connectivity index is 1.50. The van der Waals surface area contributed by atoms with Crippen LogP contribution in [0.2, 0.25) is 5.02 Å². The van der Waals surface area contributed by atoms with Crippen LogP contribution in [0.25, 0.3) is 6.08 Å². The van der Waals surface area contributed by atoms with Gasteiger partial charge in [-0.3, -0.25) is 19.3 Å². The minimum Gasteiger partial charge on any atom is -0.493 e. The summed E-state index contributed by atoms with van der Waals surface area (Å²) < 4.78 is 12.3. The van der Waals surface area contributed by atoms with E-state index in [9.17, 15) is 14.4 Å². The summed E-state index contributed by atoms with van der Waals surface area (Å²) >= 11 is 9.19. The van der Waals surface area contributed by atoms with E-state index >= 15 is 0 Å². The zero-order valence-corrected chi connectivity index (χ0v) is 22.1. The Hall–Kier alpha value is -2.24. The summed E-state index contributed by atoms with van der Waals surface area (Å²) in [4.78, 5) is 40.7. The molecule has 3 amide bonds. The molecule has 0 aliphatic carbocycles. The molecule has 2 aromatic carbocycles. The molecule has 34 heavy (non-hydrogen) atoms. The zero-order valence-electron chi connectivity index (χ0n) is 18.4. The lowest BCUT2D eigenvalue weighted by Gasteiger charge is -2.18. The maximum atomic E-state index is 12.8. The molecule has 0 unspecified atom stereocenters. The van der Waals surface area contributed by atoms with E-state index in [-0.39, 0.29) is 24.0 Å². The Bertz CT molecular complexity index is 1170. The number of rotatable bonds is 7. The van der Waals surface area contributed by atoms with Crippen molar-refractivity contribution in [2.24, 2.45) is 0 Å². The van der Waals surface area contributed by atoms with Crippen molar-refractivity contribution in [3.8, 4) is 11.5 Å². The van der Waals surface area contributed by atoms with Crippen LogP contribution in [-0.4, -0.2) is 53.6 Å². The number of carbonyl (C=O) groups is 3. The number of amides is 3. The van der Waals surface area contributed by atoms with Gasteiger partial charge in [-0.05, 0) is 77.0 Å². The fourth-order valence-corrected chi connectivity index (χ4v) is 5.53. The number of hydrogen-bond acceptors (Lipinski definition) is 6. The minimum atomic E-state index is -0.462. The van der Waals surface area contributed by atoms with Crippen LogP contribution in [0.3, 0.4) is 0 Å². The van der Waals surface area contributed by atoms with Gasteiger partial charge in [-0.2, -0.15) is 0 Å². The van der Waals surface area contributed by atoms with Crippen LogP contribution >= 0.6 is 46.0 Å². The van der Waals surface area contributed by atoms with Gasteiger partial charge in [-0.15, -0.1) is 0 Å². The van der Waals surface area contributed by atoms with Crippen molar-refractivity contribution in [1.82, 2.24) is 9.80 Å². The third kappa shape index (κ3) is 5.52. The van der Waals surface area contributed by atoms with Gasteiger partial charge in [0.15, 0.2) is 11.5 Å². The number of benzene rings is 2. The first kappa shape index (κ1) is 24.9. The van der Waals surface area contributed by atoms with E-state index in [0.29, 0.717) is 35.2 Å². The monoisotopic (exact) mass is 612 g/mol. The second-order valence-electron chi connectivity index (χ2n) is 7.77. The minimum absolute atomic E-state index is 0.197. The van der Waals surface area contributed by atoms with Gasteiger partial charge in [0.05, 0.1) is 15.6 Å². The number of methoxy groups -OCH3 is 1. The molecule has 178 valence electrons. The Morgan fingerprint density at radius 2 is 1.94 bits per heavy atom. The van der Waals surface area contributed by atoms with Gasteiger partial charge in [0.2, 0.25) is 5.91 Å². The summed E-state index contributed by atoms with van der Waals surface area (Å²) in [5.41, 5.74) is 1.53. The Labute approximate surface area is 220 Å². The van der Waals surface area contributed by atoms with Crippen molar-refractivity contribution < 1.29 is 23.9 Å². The molecule has 0 N–H and O–H groups in total. The first-order chi connectivity index (χ1) is 16.4. The van der Waals surface area contributed by atoms with Crippen LogP contribution in [0.15, 0.2) is 41.3 Å². The summed E-state index contributed by atoms with van der Waals surface area (Å²) in [6, 6.07) is 11.0. The first-order valence-electron chi connectivity index (χ1n) is 10.6. The summed E-state index contributed by atoms with van der Waals surface area (Å²) in [5, 5.41) is 0.178. The predicted molar refractivity (Wildman–Crippen MR) is 140 cm³/mol. The average Bonchev–Trinajstić information content (AvgIpc) is 3.44. The molecule has 0 atom stereocenters. The lowest BCUT2D eigenvalue weighted by atomic mass is 10.1. The van der Waals surface area contributed by atoms with E-state index in [0.717, 1.165) is 38.6 Å². The molecule has 2 aliphatic heterocycles. The van der Waals surface area contributed by atoms with Crippen molar-refractivity contribution in [3.05, 3.63) is 61.0 Å². The standard InChI is InChI=1S/C24H22ClIN2O5S/c1-32-19-11-15(10-18(26)22(19)33-14-16-6-2-3-7-17(16)25)12-20-23(30)28(24(31)34-20)13-21(29)27-8-4-5-9-27/h2-3,6-7,10-12H,4-5,8-9,13-14H2,1H3/b20-12-. The molecule has 0 aromatic heterocycles. The van der Waals surface area contributed by atoms with Crippen LogP contribution in [0, 0.1) is 3.57 Å². The number of likely N-dealkylation sites (tertiary alicyclic amines) is 1. The quantitative estimate of drug-likeness (QED) is 0.317. The second-order valence-corrected chi connectivity index (χ2v) is 10.3. The van der Waals surface area contributed by atoms with Gasteiger partial charge < -0.3 is 14.4 Å². The van der Waals surface area contributed by atoms with E-state index in [2.05, 4.69) is 22.6 Å². The molecule has 2 aromatic rings. The van der Waals surface area contributed by atoms with E-state index in [1.807, 2.05) is 24.3 Å². The van der Waals surface area contributed by atoms with Crippen molar-refractivity contribution in [2.75, 3.05) is 26.7 Å². The molecule has 7 nitrogen and oxygen atoms in total. The van der Waals surface area contributed by atoms with Crippen molar-refractivity contribution >= 4 is 69.1 Å². The molecule has 10 heteroatoms. The van der Waals surface area contributed by atoms with Crippen LogP contribution < -0.4 is 9.47 Å². The van der Waals surface area contributed by atoms with Gasteiger partial charge in [-0.25, -0.2) is 0 Å². The van der Waals surface area contributed by atoms with Crippen LogP contribution in [-0.2, 0) is 16.2 Å². The fraction of sp³-hybridized carbons (Fsp3) is 0.292. The van der Waals surface area contributed by atoms with Gasteiger partial charge in [0, 0.05) is 23.7 Å². The average molecular weight is 613 g/mol. The molecule has 2 fully saturated rings. The van der Waals surface area contributed by atoms with Crippen LogP contribution in [0.1, 0.15) is 24.0 Å². The van der Waals surface area contributed by atoms with Gasteiger partial charge in [0.1, 0.15) is 13.2 Å². The van der Waals surface area contributed by atoms with Crippen LogP contribution in [0.4, 0.5) is 4.79 Å². The predicted octanol–water partition coefficient (Wildman–Crippen LogP) is 5.19. The molecular formula is C24H22ClIN2O5S. The maximum Gasteiger partial charge on any atom is 0.294 e. The third-order valence-corrected chi connectivity index (χ3v) is 7.58.